The van der Waals surface area contributed by atoms with Crippen molar-refractivity contribution in [1.82, 2.24) is 19.5 Å². The van der Waals surface area contributed by atoms with Crippen LogP contribution in [0.1, 0.15) is 25.7 Å². The number of ether oxygens (including phenoxy) is 1. The highest BCUT2D eigenvalue weighted by Crippen LogP contribution is 2.27. The van der Waals surface area contributed by atoms with Crippen LogP contribution in [0, 0.1) is 5.82 Å². The van der Waals surface area contributed by atoms with E-state index in [0.29, 0.717) is 18.1 Å². The molecule has 154 valence electrons. The molecule has 11 heteroatoms. The molecule has 2 aromatic carbocycles. The van der Waals surface area contributed by atoms with E-state index in [0.717, 1.165) is 0 Å². The Hall–Kier alpha value is -2.20. The molecule has 0 radical (unpaired) electrons. The standard InChI is InChI=1S/C18H17Cl2FN4O3S/c1-3-25-17(22-23-18(25)28-13-6-4-12(21)5-7-13)11(2)24-29(26,27)14-8-9-15(19)16(20)10-14/h4-11,24H,3H2,1-2H3/t11-/m1/s1. The number of nitrogens with one attached hydrogen (secondary N) is 1. The lowest BCUT2D eigenvalue weighted by atomic mass is 10.3. The highest BCUT2D eigenvalue weighted by Gasteiger charge is 2.24. The maximum atomic E-state index is 13.1. The highest BCUT2D eigenvalue weighted by atomic mass is 35.5. The molecule has 0 aliphatic rings. The third kappa shape index (κ3) is 4.87. The Bertz CT molecular complexity index is 1120. The van der Waals surface area contributed by atoms with Crippen LogP contribution in [-0.4, -0.2) is 23.2 Å². The van der Waals surface area contributed by atoms with Gasteiger partial charge in [-0.15, -0.1) is 5.10 Å². The average Bonchev–Trinajstić information content (AvgIpc) is 3.08. The predicted molar refractivity (Wildman–Crippen MR) is 107 cm³/mol. The van der Waals surface area contributed by atoms with E-state index < -0.39 is 16.1 Å². The van der Waals surface area contributed by atoms with E-state index in [-0.39, 0.29) is 26.8 Å². The first-order valence-corrected chi connectivity index (χ1v) is 10.8. The number of rotatable bonds is 7. The van der Waals surface area contributed by atoms with Crippen LogP contribution >= 0.6 is 23.2 Å². The van der Waals surface area contributed by atoms with Crippen LogP contribution in [0.2, 0.25) is 10.0 Å². The number of halogens is 3. The lowest BCUT2D eigenvalue weighted by molar-refractivity contribution is 0.407. The molecule has 0 saturated heterocycles. The summed E-state index contributed by atoms with van der Waals surface area (Å²) in [6.45, 7) is 3.90. The largest absolute Gasteiger partial charge is 0.424 e. The minimum absolute atomic E-state index is 0.0240. The van der Waals surface area contributed by atoms with E-state index in [1.807, 2.05) is 6.92 Å². The van der Waals surface area contributed by atoms with Gasteiger partial charge in [0.2, 0.25) is 10.0 Å². The van der Waals surface area contributed by atoms with Crippen LogP contribution < -0.4 is 9.46 Å². The van der Waals surface area contributed by atoms with Crippen molar-refractivity contribution in [1.29, 1.82) is 0 Å². The minimum Gasteiger partial charge on any atom is -0.424 e. The maximum Gasteiger partial charge on any atom is 0.322 e. The van der Waals surface area contributed by atoms with Crippen LogP contribution in [0.25, 0.3) is 0 Å². The molecule has 0 bridgehead atoms. The third-order valence-corrected chi connectivity index (χ3v) is 6.28. The molecule has 1 heterocycles. The van der Waals surface area contributed by atoms with Gasteiger partial charge in [0.1, 0.15) is 11.6 Å². The third-order valence-electron chi connectivity index (χ3n) is 4.01. The zero-order chi connectivity index (χ0) is 21.2. The van der Waals surface area contributed by atoms with Gasteiger partial charge in [-0.3, -0.25) is 4.57 Å². The molecule has 0 amide bonds. The lowest BCUT2D eigenvalue weighted by Crippen LogP contribution is -2.29. The Balaban J connectivity index is 1.83. The second kappa shape index (κ2) is 8.66. The first kappa shape index (κ1) is 21.5. The molecule has 3 aromatic rings. The monoisotopic (exact) mass is 458 g/mol. The number of aromatic nitrogens is 3. The molecular weight excluding hydrogens is 442 g/mol. The van der Waals surface area contributed by atoms with Crippen molar-refractivity contribution in [3.05, 3.63) is 64.2 Å². The summed E-state index contributed by atoms with van der Waals surface area (Å²) in [6.07, 6.45) is 0. The van der Waals surface area contributed by atoms with Gasteiger partial charge in [-0.05, 0) is 56.3 Å². The summed E-state index contributed by atoms with van der Waals surface area (Å²) in [6, 6.07) is 8.92. The quantitative estimate of drug-likeness (QED) is 0.559. The Morgan fingerprint density at radius 3 is 2.45 bits per heavy atom. The van der Waals surface area contributed by atoms with Gasteiger partial charge in [0.15, 0.2) is 5.82 Å². The van der Waals surface area contributed by atoms with Crippen molar-refractivity contribution < 1.29 is 17.5 Å². The van der Waals surface area contributed by atoms with Gasteiger partial charge in [-0.25, -0.2) is 17.5 Å². The zero-order valence-electron chi connectivity index (χ0n) is 15.4. The van der Waals surface area contributed by atoms with Gasteiger partial charge in [0.25, 0.3) is 0 Å². The van der Waals surface area contributed by atoms with Crippen LogP contribution in [0.5, 0.6) is 11.8 Å². The molecule has 0 aliphatic heterocycles. The van der Waals surface area contributed by atoms with E-state index >= 15 is 0 Å². The van der Waals surface area contributed by atoms with Gasteiger partial charge in [0.05, 0.1) is 21.0 Å². The molecule has 0 fully saturated rings. The van der Waals surface area contributed by atoms with E-state index in [4.69, 9.17) is 27.9 Å². The smallest absolute Gasteiger partial charge is 0.322 e. The second-order valence-corrected chi connectivity index (χ2v) is 8.59. The van der Waals surface area contributed by atoms with E-state index in [2.05, 4.69) is 14.9 Å². The second-order valence-electron chi connectivity index (χ2n) is 6.06. The first-order valence-electron chi connectivity index (χ1n) is 8.55. The van der Waals surface area contributed by atoms with Crippen LogP contribution in [0.4, 0.5) is 4.39 Å². The number of nitrogens with zero attached hydrogens (tertiary/aromatic N) is 3. The van der Waals surface area contributed by atoms with Gasteiger partial charge in [0, 0.05) is 6.54 Å². The summed E-state index contributed by atoms with van der Waals surface area (Å²) in [7, 11) is -3.88. The zero-order valence-corrected chi connectivity index (χ0v) is 17.8. The van der Waals surface area contributed by atoms with Crippen LogP contribution in [-0.2, 0) is 16.6 Å². The maximum absolute atomic E-state index is 13.1. The average molecular weight is 459 g/mol. The molecule has 0 aliphatic carbocycles. The van der Waals surface area contributed by atoms with Gasteiger partial charge in [-0.2, -0.15) is 0 Å². The Kier molecular flexibility index (Phi) is 6.42. The van der Waals surface area contributed by atoms with Crippen molar-refractivity contribution in [3.8, 4) is 11.8 Å². The van der Waals surface area contributed by atoms with E-state index in [9.17, 15) is 12.8 Å². The summed E-state index contributed by atoms with van der Waals surface area (Å²) in [5, 5.41) is 8.42. The molecule has 1 aromatic heterocycles. The van der Waals surface area contributed by atoms with Gasteiger partial charge >= 0.3 is 6.01 Å². The molecule has 0 saturated carbocycles. The van der Waals surface area contributed by atoms with Crippen molar-refractivity contribution in [2.45, 2.75) is 31.3 Å². The van der Waals surface area contributed by atoms with Crippen molar-refractivity contribution in [2.24, 2.45) is 0 Å². The summed E-state index contributed by atoms with van der Waals surface area (Å²) in [5.74, 6) is 0.345. The molecule has 0 spiro atoms. The number of hydrogen-bond donors (Lipinski definition) is 1. The normalized spacial score (nSPS) is 12.7. The number of benzene rings is 2. The number of sulfonamides is 1. The first-order chi connectivity index (χ1) is 13.7. The molecule has 1 atom stereocenters. The van der Waals surface area contributed by atoms with E-state index in [1.54, 1.807) is 11.5 Å². The van der Waals surface area contributed by atoms with E-state index in [1.165, 1.54) is 42.5 Å². The fourth-order valence-corrected chi connectivity index (χ4v) is 4.19. The molecule has 1 N–H and O–H groups in total. The molecule has 7 nitrogen and oxygen atoms in total. The SMILES string of the molecule is CCn1c(Oc2ccc(F)cc2)nnc1[C@@H](C)NS(=O)(=O)c1ccc(Cl)c(Cl)c1. The molecular formula is C18H17Cl2FN4O3S. The Labute approximate surface area is 177 Å². The summed E-state index contributed by atoms with van der Waals surface area (Å²) in [4.78, 5) is -0.0240. The van der Waals surface area contributed by atoms with Gasteiger partial charge in [-0.1, -0.05) is 28.3 Å². The fourth-order valence-electron chi connectivity index (χ4n) is 2.60. The van der Waals surface area contributed by atoms with Crippen molar-refractivity contribution in [2.75, 3.05) is 0 Å². The summed E-state index contributed by atoms with van der Waals surface area (Å²) < 4.78 is 48.2. The Morgan fingerprint density at radius 1 is 1.14 bits per heavy atom. The predicted octanol–water partition coefficient (Wildman–Crippen LogP) is 4.58. The number of hydrogen-bond acceptors (Lipinski definition) is 5. The molecule has 29 heavy (non-hydrogen) atoms. The minimum atomic E-state index is -3.88. The van der Waals surface area contributed by atoms with Crippen molar-refractivity contribution in [3.63, 3.8) is 0 Å². The van der Waals surface area contributed by atoms with Crippen LogP contribution in [0.3, 0.4) is 0 Å². The topological polar surface area (TPSA) is 86.1 Å². The molecule has 0 unspecified atom stereocenters. The Morgan fingerprint density at radius 2 is 1.83 bits per heavy atom. The van der Waals surface area contributed by atoms with Gasteiger partial charge < -0.3 is 4.74 Å². The van der Waals surface area contributed by atoms with Crippen LogP contribution in [0.15, 0.2) is 47.4 Å². The molecule has 3 rings (SSSR count). The highest BCUT2D eigenvalue weighted by molar-refractivity contribution is 7.89. The lowest BCUT2D eigenvalue weighted by Gasteiger charge is -2.15. The summed E-state index contributed by atoms with van der Waals surface area (Å²) >= 11 is 11.8. The summed E-state index contributed by atoms with van der Waals surface area (Å²) in [5.41, 5.74) is 0. The fraction of sp³-hybridized carbons (Fsp3) is 0.222. The van der Waals surface area contributed by atoms with Crippen molar-refractivity contribution >= 4 is 33.2 Å².